The number of guanidine groups is 1. The Morgan fingerprint density at radius 2 is 1.92 bits per heavy atom. The number of nitrogens with one attached hydrogen (secondary N) is 2. The third kappa shape index (κ3) is 7.03. The van der Waals surface area contributed by atoms with Gasteiger partial charge < -0.3 is 15.4 Å². The number of nitrogens with zero attached hydrogens (tertiary/aromatic N) is 3. The average molecular weight is 457 g/mol. The molecule has 0 amide bonds. The molecule has 0 aliphatic carbocycles. The minimum atomic E-state index is -0.240. The molecular weight excluding hydrogens is 429 g/mol. The third-order valence-electron chi connectivity index (χ3n) is 3.91. The van der Waals surface area contributed by atoms with Gasteiger partial charge in [0.05, 0.1) is 12.1 Å². The Morgan fingerprint density at radius 1 is 1.20 bits per heavy atom. The lowest BCUT2D eigenvalue weighted by Gasteiger charge is -2.24. The van der Waals surface area contributed by atoms with Crippen LogP contribution in [0.15, 0.2) is 47.7 Å². The molecule has 138 valence electrons. The number of halogens is 1. The van der Waals surface area contributed by atoms with E-state index in [9.17, 15) is 0 Å². The Balaban J connectivity index is 0.00000312. The van der Waals surface area contributed by atoms with E-state index in [0.717, 1.165) is 12.5 Å². The molecule has 2 aromatic rings. The van der Waals surface area contributed by atoms with Crippen molar-refractivity contribution < 1.29 is 4.74 Å². The number of aliphatic imine (C=N–C) groups is 1. The first-order valence-corrected chi connectivity index (χ1v) is 8.08. The highest BCUT2D eigenvalue weighted by Crippen LogP contribution is 2.10. The Kier molecular flexibility index (Phi) is 8.91. The van der Waals surface area contributed by atoms with Crippen LogP contribution in [-0.4, -0.2) is 42.0 Å². The van der Waals surface area contributed by atoms with Crippen LogP contribution in [0.2, 0.25) is 0 Å². The van der Waals surface area contributed by atoms with Crippen LogP contribution in [0.25, 0.3) is 0 Å². The number of methoxy groups -OCH3 is 1. The number of hydrogen-bond donors (Lipinski definition) is 2. The van der Waals surface area contributed by atoms with Gasteiger partial charge in [-0.25, -0.2) is 0 Å². The minimum absolute atomic E-state index is 0. The van der Waals surface area contributed by atoms with Crippen molar-refractivity contribution in [3.8, 4) is 0 Å². The van der Waals surface area contributed by atoms with Gasteiger partial charge in [-0.15, -0.1) is 24.0 Å². The minimum Gasteiger partial charge on any atom is -0.377 e. The Morgan fingerprint density at radius 3 is 2.52 bits per heavy atom. The van der Waals surface area contributed by atoms with Crippen molar-refractivity contribution in [1.82, 2.24) is 20.4 Å². The highest BCUT2D eigenvalue weighted by atomic mass is 127. The fourth-order valence-electron chi connectivity index (χ4n) is 2.22. The van der Waals surface area contributed by atoms with Gasteiger partial charge in [-0.1, -0.05) is 24.3 Å². The van der Waals surface area contributed by atoms with E-state index >= 15 is 0 Å². The molecule has 0 spiro atoms. The molecule has 0 atom stereocenters. The van der Waals surface area contributed by atoms with E-state index in [1.165, 1.54) is 11.1 Å². The number of rotatable bonds is 7. The van der Waals surface area contributed by atoms with E-state index in [0.29, 0.717) is 13.1 Å². The summed E-state index contributed by atoms with van der Waals surface area (Å²) in [6, 6.07) is 10.3. The normalized spacial score (nSPS) is 11.8. The molecule has 1 heterocycles. The molecule has 6 nitrogen and oxygen atoms in total. The lowest BCUT2D eigenvalue weighted by Crippen LogP contribution is -2.45. The second-order valence-corrected chi connectivity index (χ2v) is 6.22. The van der Waals surface area contributed by atoms with E-state index in [-0.39, 0.29) is 29.6 Å². The lowest BCUT2D eigenvalue weighted by molar-refractivity contribution is 0.0268. The summed E-state index contributed by atoms with van der Waals surface area (Å²) < 4.78 is 7.34. The van der Waals surface area contributed by atoms with Crippen LogP contribution in [-0.2, 0) is 17.8 Å². The zero-order chi connectivity index (χ0) is 17.4. The second-order valence-electron chi connectivity index (χ2n) is 6.22. The molecule has 0 aliphatic heterocycles. The predicted molar refractivity (Wildman–Crippen MR) is 112 cm³/mol. The highest BCUT2D eigenvalue weighted by Gasteiger charge is 2.16. The van der Waals surface area contributed by atoms with Crippen molar-refractivity contribution in [2.45, 2.75) is 32.5 Å². The van der Waals surface area contributed by atoms with Crippen LogP contribution in [0.4, 0.5) is 0 Å². The standard InChI is InChI=1S/C18H27N5O.HI/c1-18(2,24-4)14-21-17(19-3)20-12-15-8-5-6-9-16(15)13-23-11-7-10-22-23;/h5-11H,12-14H2,1-4H3,(H2,19,20,21);1H. The maximum Gasteiger partial charge on any atom is 0.191 e. The largest absolute Gasteiger partial charge is 0.377 e. The number of hydrogen-bond acceptors (Lipinski definition) is 3. The van der Waals surface area contributed by atoms with Crippen LogP contribution in [0.5, 0.6) is 0 Å². The van der Waals surface area contributed by atoms with Gasteiger partial charge in [-0.05, 0) is 31.0 Å². The molecule has 0 unspecified atom stereocenters. The summed E-state index contributed by atoms with van der Waals surface area (Å²) in [4.78, 5) is 4.27. The van der Waals surface area contributed by atoms with Crippen molar-refractivity contribution in [3.05, 3.63) is 53.9 Å². The van der Waals surface area contributed by atoms with Crippen LogP contribution >= 0.6 is 24.0 Å². The van der Waals surface area contributed by atoms with E-state index < -0.39 is 0 Å². The summed E-state index contributed by atoms with van der Waals surface area (Å²) in [7, 11) is 3.48. The molecule has 7 heteroatoms. The van der Waals surface area contributed by atoms with Gasteiger partial charge in [0.2, 0.25) is 0 Å². The Hall–Kier alpha value is -1.61. The smallest absolute Gasteiger partial charge is 0.191 e. The first-order chi connectivity index (χ1) is 11.5. The van der Waals surface area contributed by atoms with Crippen molar-refractivity contribution in [3.63, 3.8) is 0 Å². The Labute approximate surface area is 167 Å². The van der Waals surface area contributed by atoms with Gasteiger partial charge in [0, 0.05) is 39.6 Å². The molecule has 0 saturated carbocycles. The van der Waals surface area contributed by atoms with Crippen LogP contribution in [0.1, 0.15) is 25.0 Å². The van der Waals surface area contributed by atoms with Gasteiger partial charge in [-0.3, -0.25) is 9.67 Å². The molecule has 0 saturated heterocycles. The summed E-state index contributed by atoms with van der Waals surface area (Å²) in [5.41, 5.74) is 2.22. The van der Waals surface area contributed by atoms with Crippen molar-refractivity contribution in [2.75, 3.05) is 20.7 Å². The molecule has 2 rings (SSSR count). The molecule has 1 aromatic heterocycles. The van der Waals surface area contributed by atoms with Crippen molar-refractivity contribution in [2.24, 2.45) is 4.99 Å². The summed E-state index contributed by atoms with van der Waals surface area (Å²) in [6.07, 6.45) is 3.77. The van der Waals surface area contributed by atoms with Gasteiger partial charge in [-0.2, -0.15) is 5.10 Å². The van der Waals surface area contributed by atoms with Crippen LogP contribution in [0, 0.1) is 0 Å². The van der Waals surface area contributed by atoms with Crippen molar-refractivity contribution >= 4 is 29.9 Å². The second kappa shape index (κ2) is 10.4. The fourth-order valence-corrected chi connectivity index (χ4v) is 2.22. The van der Waals surface area contributed by atoms with E-state index in [4.69, 9.17) is 4.74 Å². The molecule has 25 heavy (non-hydrogen) atoms. The molecule has 1 aromatic carbocycles. The van der Waals surface area contributed by atoms with Gasteiger partial charge >= 0.3 is 0 Å². The zero-order valence-electron chi connectivity index (χ0n) is 15.3. The first kappa shape index (κ1) is 21.4. The number of benzene rings is 1. The summed E-state index contributed by atoms with van der Waals surface area (Å²) in [5, 5.41) is 10.9. The maximum atomic E-state index is 5.42. The first-order valence-electron chi connectivity index (χ1n) is 8.08. The zero-order valence-corrected chi connectivity index (χ0v) is 17.7. The molecule has 0 radical (unpaired) electrons. The quantitative estimate of drug-likeness (QED) is 0.381. The Bertz CT molecular complexity index is 655. The molecule has 0 bridgehead atoms. The maximum absolute atomic E-state index is 5.42. The van der Waals surface area contributed by atoms with Crippen LogP contribution < -0.4 is 10.6 Å². The fraction of sp³-hybridized carbons (Fsp3) is 0.444. The van der Waals surface area contributed by atoms with Gasteiger partial charge in [0.1, 0.15) is 0 Å². The molecule has 0 fully saturated rings. The molecular formula is C18H28IN5O. The molecule has 0 aliphatic rings. The highest BCUT2D eigenvalue weighted by molar-refractivity contribution is 14.0. The monoisotopic (exact) mass is 457 g/mol. The van der Waals surface area contributed by atoms with Crippen LogP contribution in [0.3, 0.4) is 0 Å². The van der Waals surface area contributed by atoms with E-state index in [1.807, 2.05) is 36.9 Å². The van der Waals surface area contributed by atoms with E-state index in [2.05, 4.69) is 38.9 Å². The summed E-state index contributed by atoms with van der Waals surface area (Å²) in [6.45, 7) is 6.20. The topological polar surface area (TPSA) is 63.5 Å². The molecule has 2 N–H and O–H groups in total. The summed E-state index contributed by atoms with van der Waals surface area (Å²) in [5.74, 6) is 0.758. The van der Waals surface area contributed by atoms with E-state index in [1.54, 1.807) is 20.4 Å². The number of aromatic nitrogens is 2. The SMILES string of the molecule is CN=C(NCc1ccccc1Cn1cccn1)NCC(C)(C)OC.I. The number of ether oxygens (including phenoxy) is 1. The average Bonchev–Trinajstić information content (AvgIpc) is 3.09. The van der Waals surface area contributed by atoms with Gasteiger partial charge in [0.15, 0.2) is 5.96 Å². The summed E-state index contributed by atoms with van der Waals surface area (Å²) >= 11 is 0. The van der Waals surface area contributed by atoms with Crippen molar-refractivity contribution in [1.29, 1.82) is 0 Å². The predicted octanol–water partition coefficient (Wildman–Crippen LogP) is 2.64. The van der Waals surface area contributed by atoms with Gasteiger partial charge in [0.25, 0.3) is 0 Å². The lowest BCUT2D eigenvalue weighted by atomic mass is 10.1. The third-order valence-corrected chi connectivity index (χ3v) is 3.91.